The second-order valence-electron chi connectivity index (χ2n) is 4.71. The molecule has 0 heterocycles. The molecule has 24 heavy (non-hydrogen) atoms. The minimum Gasteiger partial charge on any atom is -0.496 e. The van der Waals surface area contributed by atoms with E-state index in [0.29, 0.717) is 11.3 Å². The molecule has 124 valence electrons. The lowest BCUT2D eigenvalue weighted by Gasteiger charge is -2.08. The van der Waals surface area contributed by atoms with E-state index in [0.717, 1.165) is 6.08 Å². The van der Waals surface area contributed by atoms with E-state index in [1.54, 1.807) is 6.07 Å². The third-order valence-corrected chi connectivity index (χ3v) is 3.14. The maximum absolute atomic E-state index is 13.2. The predicted molar refractivity (Wildman–Crippen MR) is 84.9 cm³/mol. The third kappa shape index (κ3) is 4.39. The Bertz CT molecular complexity index is 788. The fourth-order valence-electron chi connectivity index (χ4n) is 2.01. The number of nitro benzene ring substituents is 1. The van der Waals surface area contributed by atoms with Crippen molar-refractivity contribution in [3.05, 3.63) is 75.6 Å². The van der Waals surface area contributed by atoms with Crippen LogP contribution in [0.1, 0.15) is 11.1 Å². The number of nitrogens with zero attached hydrogens (tertiary/aromatic N) is 1. The zero-order valence-corrected chi connectivity index (χ0v) is 12.8. The third-order valence-electron chi connectivity index (χ3n) is 3.14. The van der Waals surface area contributed by atoms with Crippen LogP contribution in [-0.4, -0.2) is 18.0 Å². The quantitative estimate of drug-likeness (QED) is 0.350. The first kappa shape index (κ1) is 17.1. The number of para-hydroxylation sites is 1. The molecule has 0 aromatic heterocycles. The summed E-state index contributed by atoms with van der Waals surface area (Å²) in [6.45, 7) is -0.180. The van der Waals surface area contributed by atoms with Crippen molar-refractivity contribution in [2.45, 2.75) is 6.61 Å². The van der Waals surface area contributed by atoms with Crippen molar-refractivity contribution in [1.82, 2.24) is 0 Å². The molecule has 7 heteroatoms. The number of esters is 1. The van der Waals surface area contributed by atoms with Crippen molar-refractivity contribution in [2.24, 2.45) is 0 Å². The van der Waals surface area contributed by atoms with Crippen LogP contribution in [-0.2, 0) is 16.1 Å². The van der Waals surface area contributed by atoms with Crippen LogP contribution in [0.2, 0.25) is 0 Å². The smallest absolute Gasteiger partial charge is 0.331 e. The van der Waals surface area contributed by atoms with Crippen molar-refractivity contribution in [1.29, 1.82) is 0 Å². The molecule has 0 unspecified atom stereocenters. The summed E-state index contributed by atoms with van der Waals surface area (Å²) in [6.07, 6.45) is 2.37. The highest BCUT2D eigenvalue weighted by Gasteiger charge is 2.11. The Morgan fingerprint density at radius 1 is 1.29 bits per heavy atom. The van der Waals surface area contributed by atoms with Crippen LogP contribution < -0.4 is 4.74 Å². The summed E-state index contributed by atoms with van der Waals surface area (Å²) >= 11 is 0. The first-order chi connectivity index (χ1) is 11.5. The van der Waals surface area contributed by atoms with Crippen molar-refractivity contribution in [3.8, 4) is 5.75 Å². The van der Waals surface area contributed by atoms with Crippen LogP contribution in [0.15, 0.2) is 48.5 Å². The number of halogens is 1. The summed E-state index contributed by atoms with van der Waals surface area (Å²) in [6, 6.07) is 9.87. The highest BCUT2D eigenvalue weighted by atomic mass is 19.1. The van der Waals surface area contributed by atoms with Gasteiger partial charge >= 0.3 is 5.97 Å². The molecule has 0 aliphatic heterocycles. The van der Waals surface area contributed by atoms with Gasteiger partial charge in [-0.25, -0.2) is 9.18 Å². The van der Waals surface area contributed by atoms with Gasteiger partial charge in [0.25, 0.3) is 5.69 Å². The maximum atomic E-state index is 13.2. The summed E-state index contributed by atoms with van der Waals surface area (Å²) in [4.78, 5) is 22.1. The number of carbonyl (C=O) groups excluding carboxylic acids is 1. The zero-order valence-electron chi connectivity index (χ0n) is 12.8. The zero-order chi connectivity index (χ0) is 17.5. The highest BCUT2D eigenvalue weighted by Crippen LogP contribution is 2.21. The fraction of sp³-hybridized carbons (Fsp3) is 0.118. The fourth-order valence-corrected chi connectivity index (χ4v) is 2.01. The lowest BCUT2D eigenvalue weighted by atomic mass is 10.1. The molecule has 0 amide bonds. The van der Waals surface area contributed by atoms with Gasteiger partial charge in [-0.1, -0.05) is 12.1 Å². The van der Waals surface area contributed by atoms with Gasteiger partial charge in [-0.2, -0.15) is 0 Å². The van der Waals surface area contributed by atoms with Crippen LogP contribution in [0.4, 0.5) is 10.1 Å². The van der Waals surface area contributed by atoms with E-state index in [1.807, 2.05) is 0 Å². The van der Waals surface area contributed by atoms with Gasteiger partial charge in [0, 0.05) is 17.7 Å². The van der Waals surface area contributed by atoms with E-state index >= 15 is 0 Å². The van der Waals surface area contributed by atoms with E-state index in [4.69, 9.17) is 9.47 Å². The first-order valence-corrected chi connectivity index (χ1v) is 6.92. The molecule has 0 saturated heterocycles. The molecule has 0 spiro atoms. The number of rotatable bonds is 6. The van der Waals surface area contributed by atoms with Crippen LogP contribution in [0.3, 0.4) is 0 Å². The van der Waals surface area contributed by atoms with Crippen molar-refractivity contribution in [2.75, 3.05) is 7.11 Å². The Kier molecular flexibility index (Phi) is 5.62. The van der Waals surface area contributed by atoms with E-state index in [9.17, 15) is 19.3 Å². The van der Waals surface area contributed by atoms with Crippen molar-refractivity contribution >= 4 is 17.7 Å². The molecule has 0 aliphatic rings. The largest absolute Gasteiger partial charge is 0.496 e. The second-order valence-corrected chi connectivity index (χ2v) is 4.71. The number of hydrogen-bond acceptors (Lipinski definition) is 5. The normalized spacial score (nSPS) is 10.6. The Labute approximate surface area is 137 Å². The average molecular weight is 331 g/mol. The Morgan fingerprint density at radius 3 is 2.75 bits per heavy atom. The summed E-state index contributed by atoms with van der Waals surface area (Å²) in [5.74, 6) is -0.788. The standard InChI is InChI=1S/C17H14FNO5/c1-23-16-8-7-14(18)10-13(16)11-24-17(20)9-6-12-4-2-3-5-15(12)19(21)22/h2-10H,11H2,1H3/b9-6+. The van der Waals surface area contributed by atoms with E-state index in [-0.39, 0.29) is 17.9 Å². The SMILES string of the molecule is COc1ccc(F)cc1COC(=O)/C=C/c1ccccc1[N+](=O)[O-]. The topological polar surface area (TPSA) is 78.7 Å². The molecule has 0 aliphatic carbocycles. The molecule has 2 rings (SSSR count). The lowest BCUT2D eigenvalue weighted by molar-refractivity contribution is -0.385. The number of carbonyl (C=O) groups is 1. The summed E-state index contributed by atoms with van der Waals surface area (Å²) in [5, 5.41) is 10.9. The Balaban J connectivity index is 2.04. The van der Waals surface area contributed by atoms with Gasteiger partial charge in [-0.15, -0.1) is 0 Å². The van der Waals surface area contributed by atoms with E-state index in [2.05, 4.69) is 0 Å². The highest BCUT2D eigenvalue weighted by molar-refractivity contribution is 5.87. The average Bonchev–Trinajstić information content (AvgIpc) is 2.58. The van der Waals surface area contributed by atoms with Gasteiger partial charge in [-0.3, -0.25) is 10.1 Å². The van der Waals surface area contributed by atoms with Gasteiger partial charge in [0.2, 0.25) is 0 Å². The van der Waals surface area contributed by atoms with Gasteiger partial charge < -0.3 is 9.47 Å². The van der Waals surface area contributed by atoms with Crippen LogP contribution in [0, 0.1) is 15.9 Å². The van der Waals surface area contributed by atoms with Gasteiger partial charge in [0.05, 0.1) is 17.6 Å². The predicted octanol–water partition coefficient (Wildman–Crippen LogP) is 3.50. The number of hydrogen-bond donors (Lipinski definition) is 0. The van der Waals surface area contributed by atoms with Gasteiger partial charge in [0.15, 0.2) is 0 Å². The summed E-state index contributed by atoms with van der Waals surface area (Å²) in [5.41, 5.74) is 0.543. The molecule has 0 fully saturated rings. The monoisotopic (exact) mass is 331 g/mol. The summed E-state index contributed by atoms with van der Waals surface area (Å²) in [7, 11) is 1.42. The molecule has 0 atom stereocenters. The van der Waals surface area contributed by atoms with E-state index in [1.165, 1.54) is 49.6 Å². The Morgan fingerprint density at radius 2 is 2.04 bits per heavy atom. The van der Waals surface area contributed by atoms with Crippen LogP contribution in [0.25, 0.3) is 6.08 Å². The second kappa shape index (κ2) is 7.87. The van der Waals surface area contributed by atoms with E-state index < -0.39 is 16.7 Å². The molecular weight excluding hydrogens is 317 g/mol. The molecule has 0 radical (unpaired) electrons. The number of methoxy groups -OCH3 is 1. The molecule has 0 bridgehead atoms. The van der Waals surface area contributed by atoms with Crippen molar-refractivity contribution < 1.29 is 23.6 Å². The molecule has 2 aromatic rings. The molecular formula is C17H14FNO5. The van der Waals surface area contributed by atoms with Gasteiger partial charge in [-0.05, 0) is 30.3 Å². The number of ether oxygens (including phenoxy) is 2. The van der Waals surface area contributed by atoms with Crippen molar-refractivity contribution in [3.63, 3.8) is 0 Å². The van der Waals surface area contributed by atoms with Crippen LogP contribution in [0.5, 0.6) is 5.75 Å². The number of benzene rings is 2. The van der Waals surface area contributed by atoms with Gasteiger partial charge in [0.1, 0.15) is 18.2 Å². The minimum atomic E-state index is -0.709. The number of nitro groups is 1. The molecule has 0 N–H and O–H groups in total. The minimum absolute atomic E-state index is 0.117. The summed E-state index contributed by atoms with van der Waals surface area (Å²) < 4.78 is 23.3. The molecule has 0 saturated carbocycles. The Hall–Kier alpha value is -3.22. The molecule has 2 aromatic carbocycles. The lowest BCUT2D eigenvalue weighted by Crippen LogP contribution is -2.03. The maximum Gasteiger partial charge on any atom is 0.331 e. The first-order valence-electron chi connectivity index (χ1n) is 6.92. The molecule has 6 nitrogen and oxygen atoms in total. The van der Waals surface area contributed by atoms with Crippen LogP contribution >= 0.6 is 0 Å².